The largest absolute Gasteiger partial charge is 0.381 e. The number of hydrogen-bond donors (Lipinski definition) is 1. The molecule has 0 atom stereocenters. The van der Waals surface area contributed by atoms with Crippen molar-refractivity contribution in [3.63, 3.8) is 0 Å². The molecule has 0 aromatic carbocycles. The first-order valence-electron chi connectivity index (χ1n) is 3.35. The van der Waals surface area contributed by atoms with Gasteiger partial charge in [0, 0.05) is 11.6 Å². The van der Waals surface area contributed by atoms with Crippen molar-refractivity contribution in [3.05, 3.63) is 24.5 Å². The second-order valence-electron chi connectivity index (χ2n) is 2.25. The van der Waals surface area contributed by atoms with Crippen LogP contribution in [0.2, 0.25) is 0 Å². The Morgan fingerprint density at radius 1 is 1.33 bits per heavy atom. The SMILES string of the molecule is Nc1cc(-c2ccnnc2)on1. The summed E-state index contributed by atoms with van der Waals surface area (Å²) >= 11 is 0. The van der Waals surface area contributed by atoms with Gasteiger partial charge in [0.1, 0.15) is 0 Å². The molecule has 2 aromatic heterocycles. The molecule has 0 spiro atoms. The van der Waals surface area contributed by atoms with Crippen molar-refractivity contribution >= 4 is 5.82 Å². The van der Waals surface area contributed by atoms with E-state index in [0.717, 1.165) is 5.56 Å². The maximum atomic E-state index is 5.38. The van der Waals surface area contributed by atoms with Crippen molar-refractivity contribution in [2.75, 3.05) is 5.73 Å². The third kappa shape index (κ3) is 1.12. The lowest BCUT2D eigenvalue weighted by Crippen LogP contribution is -1.80. The summed E-state index contributed by atoms with van der Waals surface area (Å²) < 4.78 is 4.91. The lowest BCUT2D eigenvalue weighted by atomic mass is 10.2. The van der Waals surface area contributed by atoms with Gasteiger partial charge in [0.25, 0.3) is 0 Å². The van der Waals surface area contributed by atoms with Crippen molar-refractivity contribution in [2.24, 2.45) is 0 Å². The van der Waals surface area contributed by atoms with Crippen LogP contribution in [-0.2, 0) is 0 Å². The molecule has 2 N–H and O–H groups in total. The van der Waals surface area contributed by atoms with Crippen molar-refractivity contribution in [3.8, 4) is 11.3 Å². The molecule has 0 saturated heterocycles. The molecule has 2 aromatic rings. The minimum Gasteiger partial charge on any atom is -0.381 e. The Hall–Kier alpha value is -1.91. The number of nitrogens with two attached hydrogens (primary N) is 1. The zero-order chi connectivity index (χ0) is 8.39. The fourth-order valence-corrected chi connectivity index (χ4v) is 0.861. The van der Waals surface area contributed by atoms with E-state index in [1.165, 1.54) is 0 Å². The lowest BCUT2D eigenvalue weighted by Gasteiger charge is -1.89. The van der Waals surface area contributed by atoms with Crippen LogP contribution in [0.25, 0.3) is 11.3 Å². The van der Waals surface area contributed by atoms with Crippen LogP contribution >= 0.6 is 0 Å². The van der Waals surface area contributed by atoms with Crippen LogP contribution in [0.3, 0.4) is 0 Å². The normalized spacial score (nSPS) is 10.0. The van der Waals surface area contributed by atoms with Crippen LogP contribution in [0, 0.1) is 0 Å². The van der Waals surface area contributed by atoms with E-state index in [4.69, 9.17) is 10.3 Å². The molecule has 0 aliphatic rings. The van der Waals surface area contributed by atoms with Gasteiger partial charge in [-0.1, -0.05) is 5.16 Å². The summed E-state index contributed by atoms with van der Waals surface area (Å²) in [6.07, 6.45) is 3.16. The molecule has 0 amide bonds. The van der Waals surface area contributed by atoms with E-state index in [1.54, 1.807) is 24.5 Å². The molecule has 0 radical (unpaired) electrons. The van der Waals surface area contributed by atoms with Crippen LogP contribution < -0.4 is 5.73 Å². The lowest BCUT2D eigenvalue weighted by molar-refractivity contribution is 0.435. The van der Waals surface area contributed by atoms with Gasteiger partial charge in [-0.2, -0.15) is 10.2 Å². The molecule has 0 bridgehead atoms. The topological polar surface area (TPSA) is 77.8 Å². The van der Waals surface area contributed by atoms with Crippen LogP contribution in [0.4, 0.5) is 5.82 Å². The van der Waals surface area contributed by atoms with Crippen molar-refractivity contribution in [1.82, 2.24) is 15.4 Å². The predicted molar refractivity (Wildman–Crippen MR) is 41.9 cm³/mol. The average Bonchev–Trinajstić information content (AvgIpc) is 2.54. The summed E-state index contributed by atoms with van der Waals surface area (Å²) in [5.41, 5.74) is 6.19. The molecule has 0 unspecified atom stereocenters. The fraction of sp³-hybridized carbons (Fsp3) is 0. The van der Waals surface area contributed by atoms with Gasteiger partial charge in [0.2, 0.25) is 0 Å². The second kappa shape index (κ2) is 2.61. The Balaban J connectivity index is 2.45. The van der Waals surface area contributed by atoms with E-state index in [-0.39, 0.29) is 0 Å². The monoisotopic (exact) mass is 162 g/mol. The van der Waals surface area contributed by atoms with Gasteiger partial charge in [-0.05, 0) is 6.07 Å². The molecule has 12 heavy (non-hydrogen) atoms. The van der Waals surface area contributed by atoms with Crippen LogP contribution in [0.15, 0.2) is 29.0 Å². The zero-order valence-electron chi connectivity index (χ0n) is 6.14. The fourth-order valence-electron chi connectivity index (χ4n) is 0.861. The second-order valence-corrected chi connectivity index (χ2v) is 2.25. The van der Waals surface area contributed by atoms with Gasteiger partial charge in [0.05, 0.1) is 12.4 Å². The van der Waals surface area contributed by atoms with E-state index >= 15 is 0 Å². The molecular weight excluding hydrogens is 156 g/mol. The smallest absolute Gasteiger partial charge is 0.170 e. The summed E-state index contributed by atoms with van der Waals surface area (Å²) in [6.45, 7) is 0. The highest BCUT2D eigenvalue weighted by Crippen LogP contribution is 2.18. The maximum Gasteiger partial charge on any atom is 0.170 e. The van der Waals surface area contributed by atoms with Crippen molar-refractivity contribution < 1.29 is 4.52 Å². The van der Waals surface area contributed by atoms with Crippen LogP contribution in [0.5, 0.6) is 0 Å². The van der Waals surface area contributed by atoms with E-state index in [1.807, 2.05) is 0 Å². The van der Waals surface area contributed by atoms with E-state index in [9.17, 15) is 0 Å². The minimum atomic E-state index is 0.363. The third-order valence-electron chi connectivity index (χ3n) is 1.40. The van der Waals surface area contributed by atoms with Crippen molar-refractivity contribution in [1.29, 1.82) is 0 Å². The van der Waals surface area contributed by atoms with E-state index in [2.05, 4.69) is 15.4 Å². The van der Waals surface area contributed by atoms with Gasteiger partial charge in [0.15, 0.2) is 11.6 Å². The molecule has 60 valence electrons. The molecule has 0 fully saturated rings. The number of rotatable bonds is 1. The number of aromatic nitrogens is 3. The molecule has 2 heterocycles. The van der Waals surface area contributed by atoms with Crippen LogP contribution in [-0.4, -0.2) is 15.4 Å². The maximum absolute atomic E-state index is 5.38. The summed E-state index contributed by atoms with van der Waals surface area (Å²) in [7, 11) is 0. The number of nitrogens with zero attached hydrogens (tertiary/aromatic N) is 3. The van der Waals surface area contributed by atoms with E-state index < -0.39 is 0 Å². The predicted octanol–water partition coefficient (Wildman–Crippen LogP) is 0.714. The Labute approximate surface area is 68.2 Å². The zero-order valence-corrected chi connectivity index (χ0v) is 6.14. The highest BCUT2D eigenvalue weighted by atomic mass is 16.5. The summed E-state index contributed by atoms with van der Waals surface area (Å²) in [4.78, 5) is 0. The van der Waals surface area contributed by atoms with Crippen molar-refractivity contribution in [2.45, 2.75) is 0 Å². The summed E-state index contributed by atoms with van der Waals surface area (Å²) in [5.74, 6) is 0.962. The first-order valence-corrected chi connectivity index (χ1v) is 3.35. The Bertz CT molecular complexity index is 370. The van der Waals surface area contributed by atoms with Gasteiger partial charge in [-0.15, -0.1) is 0 Å². The molecule has 0 aliphatic carbocycles. The molecule has 5 heteroatoms. The number of hydrogen-bond acceptors (Lipinski definition) is 5. The number of nitrogen functional groups attached to an aromatic ring is 1. The third-order valence-corrected chi connectivity index (χ3v) is 1.40. The van der Waals surface area contributed by atoms with Gasteiger partial charge in [-0.3, -0.25) is 0 Å². The van der Waals surface area contributed by atoms with E-state index in [0.29, 0.717) is 11.6 Å². The molecule has 5 nitrogen and oxygen atoms in total. The first-order chi connectivity index (χ1) is 5.86. The molecule has 0 aliphatic heterocycles. The van der Waals surface area contributed by atoms with Gasteiger partial charge in [-0.25, -0.2) is 0 Å². The average molecular weight is 162 g/mol. The summed E-state index contributed by atoms with van der Waals surface area (Å²) in [6, 6.07) is 3.41. The summed E-state index contributed by atoms with van der Waals surface area (Å²) in [5, 5.41) is 10.9. The first kappa shape index (κ1) is 6.78. The standard InChI is InChI=1S/C7H6N4O/c8-7-3-6(12-11-7)5-1-2-9-10-4-5/h1-4H,(H2,8,11). The molecular formula is C7H6N4O. The van der Waals surface area contributed by atoms with Gasteiger partial charge < -0.3 is 10.3 Å². The molecule has 0 saturated carbocycles. The highest BCUT2D eigenvalue weighted by Gasteiger charge is 2.03. The Morgan fingerprint density at radius 2 is 2.25 bits per heavy atom. The Kier molecular flexibility index (Phi) is 1.48. The minimum absolute atomic E-state index is 0.363. The number of anilines is 1. The molecule has 2 rings (SSSR count). The van der Waals surface area contributed by atoms with Crippen LogP contribution in [0.1, 0.15) is 0 Å². The Morgan fingerprint density at radius 3 is 2.83 bits per heavy atom. The highest BCUT2D eigenvalue weighted by molar-refractivity contribution is 5.57. The quantitative estimate of drug-likeness (QED) is 0.668. The van der Waals surface area contributed by atoms with Gasteiger partial charge >= 0.3 is 0 Å².